The molecule has 0 aliphatic carbocycles. The summed E-state index contributed by atoms with van der Waals surface area (Å²) in [5.74, 6) is -2.84. The highest BCUT2D eigenvalue weighted by Crippen LogP contribution is 2.39. The van der Waals surface area contributed by atoms with Crippen molar-refractivity contribution in [1.82, 2.24) is 9.80 Å². The van der Waals surface area contributed by atoms with Crippen LogP contribution in [0.5, 0.6) is 0 Å². The molecule has 0 N–H and O–H groups in total. The van der Waals surface area contributed by atoms with Crippen molar-refractivity contribution in [3.63, 3.8) is 0 Å². The quantitative estimate of drug-likeness (QED) is 0.133. The van der Waals surface area contributed by atoms with Gasteiger partial charge in [0.2, 0.25) is 15.7 Å². The topological polar surface area (TPSA) is 102 Å². The molecule has 12 heteroatoms. The lowest BCUT2D eigenvalue weighted by atomic mass is 9.88. The average Bonchev–Trinajstić information content (AvgIpc) is 3.27. The third-order valence-corrected chi connectivity index (χ3v) is 6.67. The Hall–Kier alpha value is -3.27. The fraction of sp³-hybridized carbons (Fsp3) is 0.379. The molecule has 218 valence electrons. The fourth-order valence-corrected chi connectivity index (χ4v) is 4.82. The van der Waals surface area contributed by atoms with Crippen LogP contribution < -0.4 is 0 Å². The van der Waals surface area contributed by atoms with Crippen LogP contribution in [0.2, 0.25) is 0 Å². The van der Waals surface area contributed by atoms with Crippen LogP contribution >= 0.6 is 34.8 Å². The molecule has 2 aromatic carbocycles. The Morgan fingerprint density at radius 3 is 2.20 bits per heavy atom. The van der Waals surface area contributed by atoms with Crippen molar-refractivity contribution in [2.75, 3.05) is 13.2 Å². The van der Waals surface area contributed by atoms with Crippen molar-refractivity contribution in [1.29, 1.82) is 0 Å². The lowest BCUT2D eigenvalue weighted by Gasteiger charge is -2.51. The van der Waals surface area contributed by atoms with Crippen molar-refractivity contribution in [3.8, 4) is 0 Å². The molecule has 0 bridgehead atoms. The monoisotopic (exact) mass is 622 g/mol. The summed E-state index contributed by atoms with van der Waals surface area (Å²) in [4.78, 5) is 55.8. The minimum Gasteiger partial charge on any atom is -0.459 e. The normalized spacial score (nSPS) is 21.9. The minimum atomic E-state index is -1.95. The highest BCUT2D eigenvalue weighted by atomic mass is 35.6. The molecule has 2 amide bonds. The standard InChI is InChI=1S/C29H29Cl3N2O7/c1-28(2,3)41-26(37)23(25(36)40-17-29(30,31)32)33-20(15-14-18-10-6-4-7-11-18)22(24(33)35)34-21(16-39-27(34)38)19-12-8-5-9-13-19/h4-15,20-23H,16-17H2,1-3H3/t20?,21-,22?,23?/m1/s1. The van der Waals surface area contributed by atoms with Gasteiger partial charge in [0.25, 0.3) is 0 Å². The van der Waals surface area contributed by atoms with Crippen molar-refractivity contribution in [2.45, 2.75) is 54.3 Å². The Balaban J connectivity index is 1.74. The van der Waals surface area contributed by atoms with Gasteiger partial charge in [-0.25, -0.2) is 14.4 Å². The first-order chi connectivity index (χ1) is 19.3. The van der Waals surface area contributed by atoms with Gasteiger partial charge in [-0.05, 0) is 31.9 Å². The van der Waals surface area contributed by atoms with E-state index in [2.05, 4.69) is 0 Å². The fourth-order valence-electron chi connectivity index (χ4n) is 4.66. The van der Waals surface area contributed by atoms with Crippen molar-refractivity contribution < 1.29 is 33.4 Å². The number of halogens is 3. The molecule has 0 radical (unpaired) electrons. The molecular weight excluding hydrogens is 595 g/mol. The van der Waals surface area contributed by atoms with Crippen LogP contribution in [0.3, 0.4) is 0 Å². The first-order valence-corrected chi connectivity index (χ1v) is 13.9. The highest BCUT2D eigenvalue weighted by Gasteiger charge is 2.60. The summed E-state index contributed by atoms with van der Waals surface area (Å²) < 4.78 is 14.0. The van der Waals surface area contributed by atoms with Crippen LogP contribution in [0.1, 0.15) is 37.9 Å². The second-order valence-corrected chi connectivity index (χ2v) is 13.0. The summed E-state index contributed by atoms with van der Waals surface area (Å²) in [6, 6.07) is 13.9. The third kappa shape index (κ3) is 7.33. The van der Waals surface area contributed by atoms with Crippen LogP contribution in [-0.2, 0) is 28.6 Å². The van der Waals surface area contributed by atoms with Crippen molar-refractivity contribution >= 4 is 64.8 Å². The van der Waals surface area contributed by atoms with Gasteiger partial charge in [-0.2, -0.15) is 0 Å². The number of carbonyl (C=O) groups excluding carboxylic acids is 4. The summed E-state index contributed by atoms with van der Waals surface area (Å²) in [5.41, 5.74) is 0.563. The number of amides is 2. The maximum atomic E-state index is 13.9. The van der Waals surface area contributed by atoms with E-state index in [0.717, 1.165) is 16.0 Å². The number of hydrogen-bond donors (Lipinski definition) is 0. The van der Waals surface area contributed by atoms with Gasteiger partial charge in [-0.15, -0.1) is 0 Å². The van der Waals surface area contributed by atoms with E-state index in [4.69, 9.17) is 49.0 Å². The van der Waals surface area contributed by atoms with Crippen LogP contribution in [0, 0.1) is 0 Å². The molecule has 2 saturated heterocycles. The molecule has 2 fully saturated rings. The molecular formula is C29H29Cl3N2O7. The van der Waals surface area contributed by atoms with E-state index >= 15 is 0 Å². The number of β-lactam (4-membered cyclic amide) rings is 1. The Morgan fingerprint density at radius 1 is 1.00 bits per heavy atom. The molecule has 41 heavy (non-hydrogen) atoms. The zero-order chi connectivity index (χ0) is 29.9. The minimum absolute atomic E-state index is 0.0303. The van der Waals surface area contributed by atoms with Crippen molar-refractivity contribution in [3.05, 3.63) is 77.9 Å². The SMILES string of the molecule is CC(C)(C)OC(=O)C(C(=O)OCC(Cl)(Cl)Cl)N1C(=O)C(N2C(=O)OC[C@@H]2c2ccccc2)C1C=Cc1ccccc1. The lowest BCUT2D eigenvalue weighted by Crippen LogP contribution is -2.75. The van der Waals surface area contributed by atoms with Crippen LogP contribution in [0.4, 0.5) is 4.79 Å². The molecule has 4 rings (SSSR count). The zero-order valence-corrected chi connectivity index (χ0v) is 24.8. The van der Waals surface area contributed by atoms with Crippen molar-refractivity contribution in [2.24, 2.45) is 0 Å². The van der Waals surface area contributed by atoms with E-state index in [-0.39, 0.29) is 6.61 Å². The van der Waals surface area contributed by atoms with Crippen LogP contribution in [-0.4, -0.2) is 74.5 Å². The number of nitrogens with zero attached hydrogens (tertiary/aromatic N) is 2. The average molecular weight is 624 g/mol. The number of rotatable bonds is 8. The number of benzene rings is 2. The van der Waals surface area contributed by atoms with Gasteiger partial charge in [-0.3, -0.25) is 9.69 Å². The number of alkyl halides is 3. The molecule has 2 aromatic rings. The molecule has 2 aliphatic rings. The van der Waals surface area contributed by atoms with Gasteiger partial charge < -0.3 is 19.1 Å². The second kappa shape index (κ2) is 12.3. The Kier molecular flexibility index (Phi) is 9.21. The highest BCUT2D eigenvalue weighted by molar-refractivity contribution is 6.67. The van der Waals surface area contributed by atoms with Crippen LogP contribution in [0.15, 0.2) is 66.7 Å². The molecule has 2 heterocycles. The summed E-state index contributed by atoms with van der Waals surface area (Å²) in [6.07, 6.45) is 2.69. The number of carbonyl (C=O) groups is 4. The first-order valence-electron chi connectivity index (χ1n) is 12.8. The summed E-state index contributed by atoms with van der Waals surface area (Å²) in [5, 5.41) is 0. The molecule has 0 saturated carbocycles. The summed E-state index contributed by atoms with van der Waals surface area (Å²) >= 11 is 17.3. The number of cyclic esters (lactones) is 1. The third-order valence-electron chi connectivity index (χ3n) is 6.34. The van der Waals surface area contributed by atoms with E-state index < -0.39 is 64.1 Å². The first kappa shape index (κ1) is 30.7. The maximum Gasteiger partial charge on any atom is 0.411 e. The van der Waals surface area contributed by atoms with Gasteiger partial charge in [0.15, 0.2) is 0 Å². The summed E-state index contributed by atoms with van der Waals surface area (Å²) in [7, 11) is 0. The number of esters is 2. The Labute approximate surface area is 252 Å². The van der Waals surface area contributed by atoms with Gasteiger partial charge in [0, 0.05) is 0 Å². The predicted molar refractivity (Wildman–Crippen MR) is 153 cm³/mol. The van der Waals surface area contributed by atoms with Gasteiger partial charge in [0.1, 0.15) is 24.9 Å². The number of hydrogen-bond acceptors (Lipinski definition) is 7. The lowest BCUT2D eigenvalue weighted by molar-refractivity contribution is -0.184. The Bertz CT molecular complexity index is 1310. The number of ether oxygens (including phenoxy) is 3. The molecule has 9 nitrogen and oxygen atoms in total. The second-order valence-electron chi connectivity index (χ2n) is 10.5. The molecule has 0 spiro atoms. The number of likely N-dealkylation sites (tertiary alicyclic amines) is 1. The Morgan fingerprint density at radius 2 is 1.61 bits per heavy atom. The van der Waals surface area contributed by atoms with Gasteiger partial charge in [-0.1, -0.05) is 108 Å². The molecule has 0 aromatic heterocycles. The van der Waals surface area contributed by atoms with E-state index in [1.807, 2.05) is 60.7 Å². The molecule has 4 atom stereocenters. The van der Waals surface area contributed by atoms with Gasteiger partial charge in [0.05, 0.1) is 12.1 Å². The smallest absolute Gasteiger partial charge is 0.411 e. The van der Waals surface area contributed by atoms with E-state index in [9.17, 15) is 19.2 Å². The van der Waals surface area contributed by atoms with E-state index in [1.165, 1.54) is 4.90 Å². The maximum absolute atomic E-state index is 13.9. The van der Waals surface area contributed by atoms with Gasteiger partial charge >= 0.3 is 18.0 Å². The van der Waals surface area contributed by atoms with Crippen LogP contribution in [0.25, 0.3) is 6.08 Å². The largest absolute Gasteiger partial charge is 0.459 e. The van der Waals surface area contributed by atoms with E-state index in [1.54, 1.807) is 32.9 Å². The molecule has 3 unspecified atom stereocenters. The zero-order valence-electron chi connectivity index (χ0n) is 22.5. The van der Waals surface area contributed by atoms with E-state index in [0.29, 0.717) is 0 Å². The summed E-state index contributed by atoms with van der Waals surface area (Å²) in [6.45, 7) is 4.22. The predicted octanol–water partition coefficient (Wildman–Crippen LogP) is 5.10. The molecule has 2 aliphatic heterocycles.